The number of carbonyl (C=O) groups excluding carboxylic acids is 2. The fraction of sp³-hybridized carbons (Fsp3) is 0.0435. The van der Waals surface area contributed by atoms with Gasteiger partial charge in [-0.2, -0.15) is 10.5 Å². The molecule has 0 atom stereocenters. The Balaban J connectivity index is 1.95. The highest BCUT2D eigenvalue weighted by Crippen LogP contribution is 2.26. The van der Waals surface area contributed by atoms with E-state index in [9.17, 15) is 18.4 Å². The molecule has 2 amide bonds. The minimum atomic E-state index is -0.832. The second kappa shape index (κ2) is 9.37. The molecule has 9 heteroatoms. The molecule has 0 saturated heterocycles. The van der Waals surface area contributed by atoms with Gasteiger partial charge in [0, 0.05) is 5.56 Å². The summed E-state index contributed by atoms with van der Waals surface area (Å²) in [6.45, 7) is 0. The van der Waals surface area contributed by atoms with Crippen molar-refractivity contribution in [3.8, 4) is 17.9 Å². The van der Waals surface area contributed by atoms with Crippen molar-refractivity contribution < 1.29 is 23.1 Å². The molecule has 0 radical (unpaired) electrons. The summed E-state index contributed by atoms with van der Waals surface area (Å²) in [6.07, 6.45) is 0. The molecule has 158 valence electrons. The number of benzene rings is 3. The number of nitrogens with zero attached hydrogens (tertiary/aromatic N) is 2. The number of para-hydroxylation sites is 2. The molecular formula is C23H14F2N4O3. The maximum atomic E-state index is 14.1. The predicted molar refractivity (Wildman–Crippen MR) is 111 cm³/mol. The second-order valence-electron chi connectivity index (χ2n) is 6.37. The fourth-order valence-corrected chi connectivity index (χ4v) is 2.88. The minimum absolute atomic E-state index is 0.0443. The SMILES string of the molecule is COc1ccc(C(=O)Nc2c(F)cccc2C#N)cc1C(=O)Nc1c(F)cccc1C#N. The first kappa shape index (κ1) is 21.9. The van der Waals surface area contributed by atoms with Crippen LogP contribution in [0.3, 0.4) is 0 Å². The number of amides is 2. The van der Waals surface area contributed by atoms with Crippen molar-refractivity contribution in [2.75, 3.05) is 17.7 Å². The van der Waals surface area contributed by atoms with Crippen molar-refractivity contribution in [1.82, 2.24) is 0 Å². The molecule has 0 aliphatic carbocycles. The first-order chi connectivity index (χ1) is 15.4. The van der Waals surface area contributed by atoms with Crippen LogP contribution < -0.4 is 15.4 Å². The van der Waals surface area contributed by atoms with Crippen LogP contribution in [0.1, 0.15) is 31.8 Å². The lowest BCUT2D eigenvalue weighted by Crippen LogP contribution is -2.18. The average molecular weight is 432 g/mol. The molecule has 2 N–H and O–H groups in total. The lowest BCUT2D eigenvalue weighted by atomic mass is 10.1. The molecule has 0 aliphatic heterocycles. The summed E-state index contributed by atoms with van der Waals surface area (Å²) >= 11 is 0. The van der Waals surface area contributed by atoms with E-state index in [4.69, 9.17) is 15.3 Å². The number of hydrogen-bond donors (Lipinski definition) is 2. The summed E-state index contributed by atoms with van der Waals surface area (Å²) in [5, 5.41) is 22.9. The van der Waals surface area contributed by atoms with Gasteiger partial charge < -0.3 is 15.4 Å². The van der Waals surface area contributed by atoms with Crippen molar-refractivity contribution in [3.63, 3.8) is 0 Å². The van der Waals surface area contributed by atoms with Gasteiger partial charge in [0.05, 0.1) is 35.2 Å². The summed E-state index contributed by atoms with van der Waals surface area (Å²) in [5.74, 6) is -3.15. The quantitative estimate of drug-likeness (QED) is 0.626. The Hall–Kier alpha value is -4.76. The van der Waals surface area contributed by atoms with Crippen LogP contribution in [0, 0.1) is 34.3 Å². The van der Waals surface area contributed by atoms with Crippen LogP contribution in [0.25, 0.3) is 0 Å². The van der Waals surface area contributed by atoms with Crippen molar-refractivity contribution in [2.45, 2.75) is 0 Å². The van der Waals surface area contributed by atoms with Crippen LogP contribution in [0.5, 0.6) is 5.75 Å². The van der Waals surface area contributed by atoms with Gasteiger partial charge in [-0.1, -0.05) is 12.1 Å². The molecule has 0 heterocycles. The van der Waals surface area contributed by atoms with Crippen LogP contribution in [0.2, 0.25) is 0 Å². The van der Waals surface area contributed by atoms with E-state index < -0.39 is 23.4 Å². The molecule has 0 saturated carbocycles. The van der Waals surface area contributed by atoms with E-state index in [1.54, 1.807) is 12.1 Å². The molecule has 0 unspecified atom stereocenters. The Morgan fingerprint density at radius 3 is 1.88 bits per heavy atom. The van der Waals surface area contributed by atoms with Gasteiger partial charge in [0.1, 0.15) is 29.5 Å². The van der Waals surface area contributed by atoms with Gasteiger partial charge in [0.15, 0.2) is 0 Å². The van der Waals surface area contributed by atoms with Gasteiger partial charge in [0.2, 0.25) is 0 Å². The summed E-state index contributed by atoms with van der Waals surface area (Å²) in [6, 6.07) is 14.9. The van der Waals surface area contributed by atoms with Gasteiger partial charge in [-0.05, 0) is 42.5 Å². The second-order valence-corrected chi connectivity index (χ2v) is 6.37. The van der Waals surface area contributed by atoms with Crippen molar-refractivity contribution in [3.05, 3.63) is 88.5 Å². The van der Waals surface area contributed by atoms with Crippen molar-refractivity contribution in [1.29, 1.82) is 10.5 Å². The summed E-state index contributed by atoms with van der Waals surface area (Å²) < 4.78 is 33.4. The van der Waals surface area contributed by atoms with Gasteiger partial charge in [0.25, 0.3) is 11.8 Å². The first-order valence-corrected chi connectivity index (χ1v) is 9.07. The van der Waals surface area contributed by atoms with Crippen LogP contribution in [-0.2, 0) is 0 Å². The lowest BCUT2D eigenvalue weighted by molar-refractivity contribution is 0.102. The molecule has 0 fully saturated rings. The number of rotatable bonds is 5. The van der Waals surface area contributed by atoms with E-state index in [-0.39, 0.29) is 39.4 Å². The summed E-state index contributed by atoms with van der Waals surface area (Å²) in [7, 11) is 1.30. The third kappa shape index (κ3) is 4.37. The summed E-state index contributed by atoms with van der Waals surface area (Å²) in [5.41, 5.74) is -0.949. The molecule has 3 aromatic rings. The van der Waals surface area contributed by atoms with E-state index in [2.05, 4.69) is 10.6 Å². The largest absolute Gasteiger partial charge is 0.496 e. The standard InChI is InChI=1S/C23H14F2N4O3/c1-32-19-9-8-13(22(30)28-20-14(11-26)4-2-6-17(20)24)10-16(19)23(31)29-21-15(12-27)5-3-7-18(21)25/h2-10H,1H3,(H,28,30)(H,29,31). The molecular weight excluding hydrogens is 418 g/mol. The third-order valence-corrected chi connectivity index (χ3v) is 4.45. The number of halogens is 2. The minimum Gasteiger partial charge on any atom is -0.496 e. The van der Waals surface area contributed by atoms with Gasteiger partial charge in [-0.15, -0.1) is 0 Å². The van der Waals surface area contributed by atoms with E-state index in [1.807, 2.05) is 0 Å². The van der Waals surface area contributed by atoms with Crippen LogP contribution in [-0.4, -0.2) is 18.9 Å². The number of hydrogen-bond acceptors (Lipinski definition) is 5. The zero-order valence-corrected chi connectivity index (χ0v) is 16.6. The van der Waals surface area contributed by atoms with E-state index in [0.29, 0.717) is 0 Å². The number of anilines is 2. The highest BCUT2D eigenvalue weighted by molar-refractivity contribution is 6.10. The lowest BCUT2D eigenvalue weighted by Gasteiger charge is -2.13. The number of nitrogens with one attached hydrogen (secondary N) is 2. The number of methoxy groups -OCH3 is 1. The van der Waals surface area contributed by atoms with Crippen molar-refractivity contribution in [2.24, 2.45) is 0 Å². The van der Waals surface area contributed by atoms with E-state index in [0.717, 1.165) is 12.1 Å². The maximum Gasteiger partial charge on any atom is 0.259 e. The molecule has 32 heavy (non-hydrogen) atoms. The molecule has 3 aromatic carbocycles. The fourth-order valence-electron chi connectivity index (χ4n) is 2.88. The number of nitriles is 2. The van der Waals surface area contributed by atoms with Crippen LogP contribution >= 0.6 is 0 Å². The zero-order valence-electron chi connectivity index (χ0n) is 16.6. The third-order valence-electron chi connectivity index (χ3n) is 4.45. The van der Waals surface area contributed by atoms with Gasteiger partial charge >= 0.3 is 0 Å². The maximum absolute atomic E-state index is 14.1. The van der Waals surface area contributed by atoms with Crippen LogP contribution in [0.4, 0.5) is 20.2 Å². The smallest absolute Gasteiger partial charge is 0.259 e. The van der Waals surface area contributed by atoms with E-state index in [1.165, 1.54) is 49.6 Å². The molecule has 0 aromatic heterocycles. The van der Waals surface area contributed by atoms with Crippen molar-refractivity contribution >= 4 is 23.2 Å². The molecule has 3 rings (SSSR count). The molecule has 0 bridgehead atoms. The molecule has 0 aliphatic rings. The number of carbonyl (C=O) groups is 2. The van der Waals surface area contributed by atoms with Gasteiger partial charge in [-0.25, -0.2) is 8.78 Å². The highest BCUT2D eigenvalue weighted by atomic mass is 19.1. The Kier molecular flexibility index (Phi) is 6.42. The average Bonchev–Trinajstić information content (AvgIpc) is 2.80. The Bertz CT molecular complexity index is 1310. The highest BCUT2D eigenvalue weighted by Gasteiger charge is 2.20. The monoisotopic (exact) mass is 432 g/mol. The molecule has 7 nitrogen and oxygen atoms in total. The zero-order chi connectivity index (χ0) is 23.3. The Morgan fingerprint density at radius 2 is 1.38 bits per heavy atom. The normalized spacial score (nSPS) is 9.91. The van der Waals surface area contributed by atoms with E-state index >= 15 is 0 Å². The molecule has 0 spiro atoms. The van der Waals surface area contributed by atoms with Crippen LogP contribution in [0.15, 0.2) is 54.6 Å². The topological polar surface area (TPSA) is 115 Å². The van der Waals surface area contributed by atoms with Gasteiger partial charge in [-0.3, -0.25) is 9.59 Å². The number of ether oxygens (including phenoxy) is 1. The Labute approximate surface area is 181 Å². The summed E-state index contributed by atoms with van der Waals surface area (Å²) in [4.78, 5) is 25.5. The first-order valence-electron chi connectivity index (χ1n) is 9.07. The Morgan fingerprint density at radius 1 is 0.844 bits per heavy atom. The predicted octanol–water partition coefficient (Wildman–Crippen LogP) is 4.22.